The van der Waals surface area contributed by atoms with Gasteiger partial charge in [0.05, 0.1) is 40.9 Å². The minimum atomic E-state index is -0.433. The van der Waals surface area contributed by atoms with E-state index in [1.54, 1.807) is 0 Å². The standard InChI is InChI=1S/C24H28N6O2S/c1-15-12-18(30(27-15)20-6-4-5-10-32-20)21-22-23(33-28-21)17(24(25-3)7-8-24)13-19(26-22)29-9-11-31-14-16(29)2/h12-13,16,20H,4-11,14H2,1-2H3/t16-,20?/m1/s1. The number of hydrogen-bond acceptors (Lipinski definition) is 7. The van der Waals surface area contributed by atoms with E-state index < -0.39 is 5.54 Å². The van der Waals surface area contributed by atoms with Crippen LogP contribution in [-0.4, -0.2) is 51.5 Å². The number of aromatic nitrogens is 4. The van der Waals surface area contributed by atoms with Crippen LogP contribution in [0.1, 0.15) is 56.5 Å². The van der Waals surface area contributed by atoms with Crippen LogP contribution in [0, 0.1) is 13.5 Å². The lowest BCUT2D eigenvalue weighted by Gasteiger charge is -2.34. The summed E-state index contributed by atoms with van der Waals surface area (Å²) >= 11 is 1.46. The highest BCUT2D eigenvalue weighted by Gasteiger charge is 2.54. The number of nitrogens with zero attached hydrogens (tertiary/aromatic N) is 6. The van der Waals surface area contributed by atoms with Gasteiger partial charge in [-0.2, -0.15) is 9.47 Å². The molecule has 6 rings (SSSR count). The Morgan fingerprint density at radius 2 is 2.12 bits per heavy atom. The molecule has 1 saturated carbocycles. The highest BCUT2D eigenvalue weighted by molar-refractivity contribution is 7.13. The molecule has 0 spiro atoms. The molecule has 0 bridgehead atoms. The van der Waals surface area contributed by atoms with Crippen LogP contribution in [-0.2, 0) is 15.0 Å². The number of anilines is 1. The molecule has 2 atom stereocenters. The van der Waals surface area contributed by atoms with Gasteiger partial charge in [-0.3, -0.25) is 0 Å². The summed E-state index contributed by atoms with van der Waals surface area (Å²) < 4.78 is 19.6. The first-order valence-electron chi connectivity index (χ1n) is 11.8. The van der Waals surface area contributed by atoms with E-state index in [0.717, 1.165) is 83.9 Å². The van der Waals surface area contributed by atoms with Crippen molar-refractivity contribution in [2.75, 3.05) is 31.3 Å². The Kier molecular flexibility index (Phi) is 5.13. The third kappa shape index (κ3) is 3.52. The van der Waals surface area contributed by atoms with Crippen molar-refractivity contribution in [3.8, 4) is 11.4 Å². The third-order valence-electron chi connectivity index (χ3n) is 7.04. The van der Waals surface area contributed by atoms with Crippen LogP contribution in [0.2, 0.25) is 0 Å². The summed E-state index contributed by atoms with van der Waals surface area (Å²) in [6, 6.07) is 4.46. The van der Waals surface area contributed by atoms with Crippen molar-refractivity contribution in [3.63, 3.8) is 0 Å². The van der Waals surface area contributed by atoms with Crippen molar-refractivity contribution in [1.29, 1.82) is 0 Å². The van der Waals surface area contributed by atoms with Crippen LogP contribution >= 0.6 is 11.5 Å². The average molecular weight is 465 g/mol. The molecule has 3 fully saturated rings. The van der Waals surface area contributed by atoms with Crippen molar-refractivity contribution < 1.29 is 9.47 Å². The van der Waals surface area contributed by atoms with Crippen molar-refractivity contribution in [2.45, 2.75) is 63.8 Å². The fourth-order valence-electron chi connectivity index (χ4n) is 5.03. The van der Waals surface area contributed by atoms with E-state index in [9.17, 15) is 0 Å². The molecule has 1 unspecified atom stereocenters. The first-order valence-corrected chi connectivity index (χ1v) is 12.6. The van der Waals surface area contributed by atoms with Gasteiger partial charge in [0.15, 0.2) is 6.23 Å². The summed E-state index contributed by atoms with van der Waals surface area (Å²) in [5, 5.41) is 4.77. The number of hydrogen-bond donors (Lipinski definition) is 0. The zero-order valence-corrected chi connectivity index (χ0v) is 19.9. The molecule has 3 aromatic heterocycles. The Balaban J connectivity index is 1.53. The largest absolute Gasteiger partial charge is 0.377 e. The van der Waals surface area contributed by atoms with E-state index in [1.807, 2.05) is 11.6 Å². The highest BCUT2D eigenvalue weighted by Crippen LogP contribution is 2.53. The third-order valence-corrected chi connectivity index (χ3v) is 7.91. The predicted octanol–water partition coefficient (Wildman–Crippen LogP) is 4.70. The zero-order chi connectivity index (χ0) is 22.6. The Morgan fingerprint density at radius 1 is 1.24 bits per heavy atom. The second-order valence-electron chi connectivity index (χ2n) is 9.43. The van der Waals surface area contributed by atoms with Crippen LogP contribution in [0.15, 0.2) is 12.1 Å². The molecular formula is C24H28N6O2S. The van der Waals surface area contributed by atoms with Gasteiger partial charge in [0.1, 0.15) is 17.0 Å². The van der Waals surface area contributed by atoms with E-state index in [4.69, 9.17) is 30.5 Å². The summed E-state index contributed by atoms with van der Waals surface area (Å²) in [7, 11) is 0. The topological polar surface area (TPSA) is 69.7 Å². The fraction of sp³-hybridized carbons (Fsp3) is 0.583. The zero-order valence-electron chi connectivity index (χ0n) is 19.1. The molecule has 172 valence electrons. The molecule has 2 aliphatic heterocycles. The normalized spacial score (nSPS) is 24.7. The second kappa shape index (κ2) is 8.05. The van der Waals surface area contributed by atoms with Crippen LogP contribution in [0.25, 0.3) is 26.4 Å². The van der Waals surface area contributed by atoms with Gasteiger partial charge in [-0.25, -0.2) is 16.2 Å². The average Bonchev–Trinajstić information content (AvgIpc) is 3.38. The van der Waals surface area contributed by atoms with Gasteiger partial charge < -0.3 is 19.2 Å². The monoisotopic (exact) mass is 464 g/mol. The maximum absolute atomic E-state index is 7.90. The predicted molar refractivity (Wildman–Crippen MR) is 127 cm³/mol. The van der Waals surface area contributed by atoms with Gasteiger partial charge in [0.25, 0.3) is 5.54 Å². The maximum atomic E-state index is 7.90. The minimum absolute atomic E-state index is 0.0702. The van der Waals surface area contributed by atoms with Gasteiger partial charge in [-0.15, -0.1) is 0 Å². The minimum Gasteiger partial charge on any atom is -0.377 e. The Hall–Kier alpha value is -2.54. The smallest absolute Gasteiger partial charge is 0.259 e. The highest BCUT2D eigenvalue weighted by atomic mass is 32.1. The molecule has 33 heavy (non-hydrogen) atoms. The van der Waals surface area contributed by atoms with Crippen LogP contribution in [0.4, 0.5) is 5.82 Å². The number of fused-ring (bicyclic) bond motifs is 1. The summed E-state index contributed by atoms with van der Waals surface area (Å²) in [4.78, 5) is 11.5. The summed E-state index contributed by atoms with van der Waals surface area (Å²) in [6.07, 6.45) is 4.90. The molecule has 1 aliphatic carbocycles. The van der Waals surface area contributed by atoms with Gasteiger partial charge in [-0.05, 0) is 56.8 Å². The summed E-state index contributed by atoms with van der Waals surface area (Å²) in [5.41, 5.74) is 4.25. The summed E-state index contributed by atoms with van der Waals surface area (Å²) in [6.45, 7) is 15.0. The molecule has 8 nitrogen and oxygen atoms in total. The van der Waals surface area contributed by atoms with Crippen LogP contribution in [0.3, 0.4) is 0 Å². The molecule has 0 N–H and O–H groups in total. The van der Waals surface area contributed by atoms with E-state index >= 15 is 0 Å². The van der Waals surface area contributed by atoms with Crippen molar-refractivity contribution in [1.82, 2.24) is 19.1 Å². The quantitative estimate of drug-likeness (QED) is 0.522. The Labute approximate surface area is 197 Å². The molecule has 3 aliphatic rings. The first kappa shape index (κ1) is 21.0. The number of pyridine rings is 1. The lowest BCUT2D eigenvalue weighted by molar-refractivity contribution is -0.0385. The van der Waals surface area contributed by atoms with Crippen LogP contribution in [0.5, 0.6) is 0 Å². The maximum Gasteiger partial charge on any atom is 0.259 e. The number of aryl methyl sites for hydroxylation is 1. The SMILES string of the molecule is [C-]#[N+]C1(c2cc(N3CCOC[C@H]3C)nc3c(-c4cc(C)nn4C4CCCCO4)nsc23)CC1. The summed E-state index contributed by atoms with van der Waals surface area (Å²) in [5.74, 6) is 0.918. The molecule has 3 aromatic rings. The van der Waals surface area contributed by atoms with Crippen molar-refractivity contribution in [3.05, 3.63) is 34.8 Å². The van der Waals surface area contributed by atoms with Crippen molar-refractivity contribution >= 4 is 27.6 Å². The Morgan fingerprint density at radius 3 is 2.85 bits per heavy atom. The molecule has 0 radical (unpaired) electrons. The molecule has 0 amide bonds. The lowest BCUT2D eigenvalue weighted by Crippen LogP contribution is -2.44. The molecule has 2 saturated heterocycles. The van der Waals surface area contributed by atoms with Gasteiger partial charge in [0.2, 0.25) is 0 Å². The van der Waals surface area contributed by atoms with E-state index in [-0.39, 0.29) is 12.3 Å². The molecular weight excluding hydrogens is 436 g/mol. The molecule has 5 heterocycles. The van der Waals surface area contributed by atoms with E-state index in [2.05, 4.69) is 28.8 Å². The number of ether oxygens (including phenoxy) is 2. The van der Waals surface area contributed by atoms with Crippen molar-refractivity contribution in [2.24, 2.45) is 0 Å². The Bertz CT molecular complexity index is 1230. The number of morpholine rings is 1. The van der Waals surface area contributed by atoms with Crippen LogP contribution < -0.4 is 4.90 Å². The second-order valence-corrected chi connectivity index (χ2v) is 10.2. The number of rotatable bonds is 4. The first-order chi connectivity index (χ1) is 16.1. The van der Waals surface area contributed by atoms with E-state index in [0.29, 0.717) is 13.2 Å². The lowest BCUT2D eigenvalue weighted by atomic mass is 10.0. The van der Waals surface area contributed by atoms with Gasteiger partial charge in [-0.1, -0.05) is 0 Å². The fourth-order valence-corrected chi connectivity index (χ4v) is 5.96. The van der Waals surface area contributed by atoms with Gasteiger partial charge >= 0.3 is 0 Å². The molecule has 9 heteroatoms. The van der Waals surface area contributed by atoms with E-state index in [1.165, 1.54) is 11.5 Å². The van der Waals surface area contributed by atoms with Gasteiger partial charge in [0, 0.05) is 26.0 Å². The molecule has 0 aromatic carbocycles.